The Morgan fingerprint density at radius 3 is 2.95 bits per heavy atom. The van der Waals surface area contributed by atoms with Crippen LogP contribution in [0.25, 0.3) is 10.2 Å². The molecule has 0 aliphatic heterocycles. The number of hydrogen-bond acceptors (Lipinski definition) is 5. The van der Waals surface area contributed by atoms with Crippen LogP contribution in [-0.2, 0) is 12.8 Å². The normalized spacial score (nSPS) is 11.0. The largest absolute Gasteiger partial charge is 0.369 e. The van der Waals surface area contributed by atoms with Crippen LogP contribution in [0.1, 0.15) is 17.5 Å². The number of anilines is 1. The predicted octanol–water partition coefficient (Wildman–Crippen LogP) is 3.96. The van der Waals surface area contributed by atoms with Gasteiger partial charge in [0.25, 0.3) is 0 Å². The first-order chi connectivity index (χ1) is 10.3. The van der Waals surface area contributed by atoms with Gasteiger partial charge in [-0.3, -0.25) is 4.98 Å². The SMILES string of the molecule is CCc1cc2c(NCCc3ccccn3)nc(Cl)nc2s1. The molecule has 6 heteroatoms. The highest BCUT2D eigenvalue weighted by Crippen LogP contribution is 2.30. The highest BCUT2D eigenvalue weighted by atomic mass is 35.5. The average Bonchev–Trinajstić information content (AvgIpc) is 2.91. The molecule has 0 radical (unpaired) electrons. The third-order valence-electron chi connectivity index (χ3n) is 3.16. The summed E-state index contributed by atoms with van der Waals surface area (Å²) in [7, 11) is 0. The van der Waals surface area contributed by atoms with Crippen LogP contribution in [0.2, 0.25) is 5.28 Å². The number of hydrogen-bond donors (Lipinski definition) is 1. The monoisotopic (exact) mass is 318 g/mol. The van der Waals surface area contributed by atoms with E-state index in [0.717, 1.165) is 41.1 Å². The fourth-order valence-electron chi connectivity index (χ4n) is 2.11. The number of halogens is 1. The van der Waals surface area contributed by atoms with Crippen molar-refractivity contribution in [1.29, 1.82) is 0 Å². The van der Waals surface area contributed by atoms with Crippen LogP contribution in [0.5, 0.6) is 0 Å². The van der Waals surface area contributed by atoms with E-state index in [1.165, 1.54) is 4.88 Å². The topological polar surface area (TPSA) is 50.7 Å². The zero-order valence-corrected chi connectivity index (χ0v) is 13.2. The van der Waals surface area contributed by atoms with Gasteiger partial charge < -0.3 is 5.32 Å². The fraction of sp³-hybridized carbons (Fsp3) is 0.267. The minimum Gasteiger partial charge on any atom is -0.369 e. The minimum absolute atomic E-state index is 0.285. The van der Waals surface area contributed by atoms with Crippen molar-refractivity contribution in [3.05, 3.63) is 46.3 Å². The zero-order valence-electron chi connectivity index (χ0n) is 11.6. The molecule has 4 nitrogen and oxygen atoms in total. The van der Waals surface area contributed by atoms with Crippen LogP contribution in [0.15, 0.2) is 30.5 Å². The molecule has 3 heterocycles. The average molecular weight is 319 g/mol. The standard InChI is InChI=1S/C15H15ClN4S/c1-2-11-9-12-13(19-15(16)20-14(12)21-11)18-8-6-10-5-3-4-7-17-10/h3-5,7,9H,2,6,8H2,1H3,(H,18,19,20). The molecule has 108 valence electrons. The quantitative estimate of drug-likeness (QED) is 0.723. The van der Waals surface area contributed by atoms with Crippen molar-refractivity contribution in [3.8, 4) is 0 Å². The van der Waals surface area contributed by atoms with E-state index in [0.29, 0.717) is 0 Å². The number of nitrogens with one attached hydrogen (secondary N) is 1. The lowest BCUT2D eigenvalue weighted by atomic mass is 10.2. The van der Waals surface area contributed by atoms with E-state index in [-0.39, 0.29) is 5.28 Å². The van der Waals surface area contributed by atoms with E-state index < -0.39 is 0 Å². The Kier molecular flexibility index (Phi) is 4.31. The zero-order chi connectivity index (χ0) is 14.7. The summed E-state index contributed by atoms with van der Waals surface area (Å²) in [6.45, 7) is 2.89. The molecule has 1 N–H and O–H groups in total. The van der Waals surface area contributed by atoms with Gasteiger partial charge in [-0.05, 0) is 36.2 Å². The summed E-state index contributed by atoms with van der Waals surface area (Å²) in [6.07, 6.45) is 3.64. The van der Waals surface area contributed by atoms with Crippen LogP contribution in [-0.4, -0.2) is 21.5 Å². The molecule has 3 aromatic heterocycles. The van der Waals surface area contributed by atoms with Crippen molar-refractivity contribution in [2.75, 3.05) is 11.9 Å². The number of pyridine rings is 1. The smallest absolute Gasteiger partial charge is 0.225 e. The molecule has 21 heavy (non-hydrogen) atoms. The van der Waals surface area contributed by atoms with E-state index in [4.69, 9.17) is 11.6 Å². The molecule has 0 bridgehead atoms. The molecule has 0 aliphatic carbocycles. The molecule has 0 aliphatic rings. The Bertz CT molecular complexity index is 742. The van der Waals surface area contributed by atoms with Crippen LogP contribution in [0.4, 0.5) is 5.82 Å². The van der Waals surface area contributed by atoms with Crippen molar-refractivity contribution in [1.82, 2.24) is 15.0 Å². The van der Waals surface area contributed by atoms with Crippen molar-refractivity contribution in [2.24, 2.45) is 0 Å². The van der Waals surface area contributed by atoms with Crippen molar-refractivity contribution in [3.63, 3.8) is 0 Å². The van der Waals surface area contributed by atoms with Crippen LogP contribution < -0.4 is 5.32 Å². The molecule has 0 unspecified atom stereocenters. The van der Waals surface area contributed by atoms with E-state index >= 15 is 0 Å². The van der Waals surface area contributed by atoms with Gasteiger partial charge in [-0.1, -0.05) is 13.0 Å². The van der Waals surface area contributed by atoms with Gasteiger partial charge in [0.05, 0.1) is 5.39 Å². The molecule has 0 saturated heterocycles. The number of rotatable bonds is 5. The number of aryl methyl sites for hydroxylation is 1. The number of fused-ring (bicyclic) bond motifs is 1. The Labute approximate surface area is 132 Å². The third-order valence-corrected chi connectivity index (χ3v) is 4.51. The maximum absolute atomic E-state index is 6.00. The summed E-state index contributed by atoms with van der Waals surface area (Å²) in [5.41, 5.74) is 1.06. The highest BCUT2D eigenvalue weighted by Gasteiger charge is 2.10. The van der Waals surface area contributed by atoms with Crippen LogP contribution in [0, 0.1) is 0 Å². The van der Waals surface area contributed by atoms with E-state index in [2.05, 4.69) is 33.3 Å². The van der Waals surface area contributed by atoms with Gasteiger partial charge >= 0.3 is 0 Å². The molecule has 0 fully saturated rings. The van der Waals surface area contributed by atoms with Gasteiger partial charge in [0.2, 0.25) is 5.28 Å². The lowest BCUT2D eigenvalue weighted by Crippen LogP contribution is -2.07. The molecular formula is C15H15ClN4S. The lowest BCUT2D eigenvalue weighted by molar-refractivity contribution is 0.954. The minimum atomic E-state index is 0.285. The summed E-state index contributed by atoms with van der Waals surface area (Å²) < 4.78 is 0. The molecule has 0 spiro atoms. The highest BCUT2D eigenvalue weighted by molar-refractivity contribution is 7.18. The van der Waals surface area contributed by atoms with Gasteiger partial charge in [-0.15, -0.1) is 11.3 Å². The van der Waals surface area contributed by atoms with Gasteiger partial charge in [0.1, 0.15) is 10.6 Å². The first kappa shape index (κ1) is 14.2. The maximum Gasteiger partial charge on any atom is 0.225 e. The summed E-state index contributed by atoms with van der Waals surface area (Å²) >= 11 is 7.67. The van der Waals surface area contributed by atoms with Gasteiger partial charge in [-0.25, -0.2) is 9.97 Å². The van der Waals surface area contributed by atoms with E-state index in [9.17, 15) is 0 Å². The first-order valence-electron chi connectivity index (χ1n) is 6.86. The Hall–Kier alpha value is -1.72. The molecule has 3 aromatic rings. The fourth-order valence-corrected chi connectivity index (χ4v) is 3.30. The second kappa shape index (κ2) is 6.37. The van der Waals surface area contributed by atoms with Crippen LogP contribution >= 0.6 is 22.9 Å². The van der Waals surface area contributed by atoms with Gasteiger partial charge in [0, 0.05) is 29.7 Å². The predicted molar refractivity (Wildman–Crippen MR) is 88.2 cm³/mol. The number of nitrogens with zero attached hydrogens (tertiary/aromatic N) is 3. The van der Waals surface area contributed by atoms with Crippen molar-refractivity contribution in [2.45, 2.75) is 19.8 Å². The summed E-state index contributed by atoms with van der Waals surface area (Å²) in [6, 6.07) is 8.07. The van der Waals surface area contributed by atoms with E-state index in [1.807, 2.05) is 24.4 Å². The first-order valence-corrected chi connectivity index (χ1v) is 8.05. The van der Waals surface area contributed by atoms with Crippen LogP contribution in [0.3, 0.4) is 0 Å². The van der Waals surface area contributed by atoms with Crippen molar-refractivity contribution < 1.29 is 0 Å². The number of thiophene rings is 1. The summed E-state index contributed by atoms with van der Waals surface area (Å²) in [4.78, 5) is 15.1. The second-order valence-corrected chi connectivity index (χ2v) is 6.08. The second-order valence-electron chi connectivity index (χ2n) is 4.62. The van der Waals surface area contributed by atoms with Gasteiger partial charge in [-0.2, -0.15) is 0 Å². The Morgan fingerprint density at radius 2 is 2.19 bits per heavy atom. The molecule has 0 atom stereocenters. The molecular weight excluding hydrogens is 304 g/mol. The summed E-state index contributed by atoms with van der Waals surface area (Å²) in [5.74, 6) is 0.803. The Morgan fingerprint density at radius 1 is 1.29 bits per heavy atom. The van der Waals surface area contributed by atoms with Gasteiger partial charge in [0.15, 0.2) is 0 Å². The molecule has 0 saturated carbocycles. The third kappa shape index (κ3) is 3.31. The molecule has 0 aromatic carbocycles. The summed E-state index contributed by atoms with van der Waals surface area (Å²) in [5, 5.41) is 4.67. The lowest BCUT2D eigenvalue weighted by Gasteiger charge is -2.06. The number of aromatic nitrogens is 3. The molecule has 0 amide bonds. The molecule has 3 rings (SSSR count). The maximum atomic E-state index is 6.00. The Balaban J connectivity index is 1.78. The van der Waals surface area contributed by atoms with Crippen molar-refractivity contribution >= 4 is 39.0 Å². The van der Waals surface area contributed by atoms with E-state index in [1.54, 1.807) is 11.3 Å².